The van der Waals surface area contributed by atoms with Gasteiger partial charge in [-0.15, -0.1) is 0 Å². The van der Waals surface area contributed by atoms with Crippen LogP contribution >= 0.6 is 0 Å². The molecule has 12 aliphatic rings. The average molecular weight is 1560 g/mol. The van der Waals surface area contributed by atoms with Crippen LogP contribution in [0, 0.1) is 5.92 Å². The van der Waals surface area contributed by atoms with E-state index in [1.807, 2.05) is 0 Å². The molecule has 0 aromatic carbocycles. The van der Waals surface area contributed by atoms with Gasteiger partial charge in [-0.3, -0.25) is 0 Å². The lowest BCUT2D eigenvalue weighted by Gasteiger charge is -2.75. The van der Waals surface area contributed by atoms with Crippen LogP contribution in [0.15, 0.2) is 0 Å². The van der Waals surface area contributed by atoms with E-state index in [2.05, 4.69) is 14.2 Å². The number of alkyl halides is 51. The summed E-state index contributed by atoms with van der Waals surface area (Å²) in [5.41, 5.74) is -139. The minimum atomic E-state index is -9.60. The second kappa shape index (κ2) is 17.0. The highest BCUT2D eigenvalue weighted by Crippen LogP contribution is 2.94. The van der Waals surface area contributed by atoms with Gasteiger partial charge in [0, 0.05) is 5.92 Å². The van der Waals surface area contributed by atoms with Gasteiger partial charge in [-0.1, -0.05) is 0 Å². The van der Waals surface area contributed by atoms with E-state index in [0.717, 1.165) is 0 Å². The zero-order valence-corrected chi connectivity index (χ0v) is 42.8. The highest BCUT2D eigenvalue weighted by Gasteiger charge is 3.29. The van der Waals surface area contributed by atoms with Crippen LogP contribution in [0.3, 0.4) is 0 Å². The van der Waals surface area contributed by atoms with Gasteiger partial charge < -0.3 is 29.5 Å². The second-order valence-corrected chi connectivity index (χ2v) is 23.3. The Morgan fingerprint density at radius 1 is 0.186 bits per heavy atom. The van der Waals surface area contributed by atoms with E-state index in [0.29, 0.717) is 0 Å². The Kier molecular flexibility index (Phi) is 13.6. The van der Waals surface area contributed by atoms with Crippen LogP contribution in [-0.2, 0) is 14.2 Å². The molecular weight excluding hydrogens is 1550 g/mol. The summed E-state index contributed by atoms with van der Waals surface area (Å²) in [5, 5.41) is 31.4. The van der Waals surface area contributed by atoms with Crippen molar-refractivity contribution < 1.29 is 253 Å². The molecule has 0 spiro atoms. The third-order valence-corrected chi connectivity index (χ3v) is 19.7. The summed E-state index contributed by atoms with van der Waals surface area (Å²) in [4.78, 5) is 0. The molecule has 0 radical (unpaired) electrons. The first-order chi connectivity index (χ1) is 41.8. The highest BCUT2D eigenvalue weighted by atomic mass is 19.4. The first-order valence-corrected chi connectivity index (χ1v) is 23.9. The van der Waals surface area contributed by atoms with Crippen LogP contribution in [0.4, 0.5) is 224 Å². The maximum absolute atomic E-state index is 16.6. The number of halogens is 51. The van der Waals surface area contributed by atoms with Gasteiger partial charge in [0.15, 0.2) is 0 Å². The summed E-state index contributed by atoms with van der Waals surface area (Å²) in [5.74, 6) is -144. The summed E-state index contributed by atoms with van der Waals surface area (Å²) >= 11 is 0. The molecule has 97 heavy (non-hydrogen) atoms. The predicted octanol–water partition coefficient (Wildman–Crippen LogP) is 12.8. The summed E-state index contributed by atoms with van der Waals surface area (Å²) in [6.07, 6.45) is -43.7. The molecule has 0 aromatic rings. The maximum Gasteiger partial charge on any atom is 0.397 e. The van der Waals surface area contributed by atoms with Gasteiger partial charge >= 0.3 is 141 Å². The van der Waals surface area contributed by atoms with E-state index < -0.39 is 236 Å². The number of ether oxygens (including phenoxy) is 3. The van der Waals surface area contributed by atoms with E-state index in [1.54, 1.807) is 0 Å². The van der Waals surface area contributed by atoms with Crippen molar-refractivity contribution in [2.45, 2.75) is 211 Å². The molecule has 0 aromatic heterocycles. The lowest BCUT2D eigenvalue weighted by molar-refractivity contribution is -0.614. The quantitative estimate of drug-likeness (QED) is 0.142. The van der Waals surface area contributed by atoms with E-state index >= 15 is 198 Å². The molecule has 3 atom stereocenters. The normalized spacial score (nSPS) is 50.7. The molecule has 0 amide bonds. The van der Waals surface area contributed by atoms with Gasteiger partial charge in [0.1, 0.15) is 0 Å². The van der Waals surface area contributed by atoms with Crippen molar-refractivity contribution in [2.75, 3.05) is 19.8 Å². The molecule has 0 heterocycles. The van der Waals surface area contributed by atoms with Crippen molar-refractivity contribution in [1.29, 1.82) is 0 Å². The van der Waals surface area contributed by atoms with Crippen molar-refractivity contribution in [3.05, 3.63) is 0 Å². The zero-order valence-electron chi connectivity index (χ0n) is 42.8. The second-order valence-electron chi connectivity index (χ2n) is 23.3. The average Bonchev–Trinajstić information content (AvgIpc) is 0.601. The van der Waals surface area contributed by atoms with Crippen LogP contribution in [0.2, 0.25) is 0 Å². The van der Waals surface area contributed by atoms with Gasteiger partial charge in [-0.25, -0.2) is 65.9 Å². The zero-order chi connectivity index (χ0) is 77.1. The van der Waals surface area contributed by atoms with Gasteiger partial charge in [-0.2, -0.15) is 158 Å². The SMILES string of the molecule is OC(COC(F)(F)C1(F)C2(F)C(F)(F)C3(F)C(F)(F)C(F)(C2(F)F)C(F)(F)C1(F)C3(F)F)C(C(O)COC(F)(F)C1(F)C2(F)C(F)(F)C3(F)C(F)(F)C(F)(C2(F)F)C(F)(F)C1(F)C3(F)F)C(O)COC(F)(F)C1(F)C2(F)C(F)(F)C3(F)C(F)(F)C(F)(C2(F)F)C(F)(F)C1(F)C3(F)F. The largest absolute Gasteiger partial charge is 0.397 e. The van der Waals surface area contributed by atoms with Crippen LogP contribution in [-0.4, -0.2) is 246 Å². The molecular formula is C40H13F51O6. The van der Waals surface area contributed by atoms with Crippen LogP contribution < -0.4 is 0 Å². The number of aliphatic hydroxyl groups is 3. The smallest absolute Gasteiger partial charge is 0.390 e. The van der Waals surface area contributed by atoms with Crippen molar-refractivity contribution in [2.24, 2.45) is 5.92 Å². The molecule has 57 heteroatoms. The monoisotopic (exact) mass is 1560 g/mol. The van der Waals surface area contributed by atoms with Crippen LogP contribution in [0.25, 0.3) is 0 Å². The Labute approximate surface area is 490 Å². The Hall–Kier alpha value is -3.81. The van der Waals surface area contributed by atoms with E-state index in [-0.39, 0.29) is 0 Å². The molecule has 12 aliphatic carbocycles. The Morgan fingerprint density at radius 2 is 0.278 bits per heavy atom. The molecule has 3 N–H and O–H groups in total. The molecule has 12 fully saturated rings. The summed E-state index contributed by atoms with van der Waals surface area (Å²) < 4.78 is 797. The first-order valence-electron chi connectivity index (χ1n) is 23.9. The summed E-state index contributed by atoms with van der Waals surface area (Å²) in [6, 6.07) is 0. The Balaban J connectivity index is 1.18. The Bertz CT molecular complexity index is 2770. The van der Waals surface area contributed by atoms with Gasteiger partial charge in [-0.05, 0) is 0 Å². The number of hydrogen-bond acceptors (Lipinski definition) is 6. The van der Waals surface area contributed by atoms with Gasteiger partial charge in [0.2, 0.25) is 0 Å². The maximum atomic E-state index is 16.6. The Morgan fingerprint density at radius 3 is 0.381 bits per heavy atom. The molecule has 12 saturated carbocycles. The van der Waals surface area contributed by atoms with E-state index in [9.17, 15) is 41.7 Å². The van der Waals surface area contributed by atoms with Crippen molar-refractivity contribution in [3.63, 3.8) is 0 Å². The van der Waals surface area contributed by atoms with E-state index in [4.69, 9.17) is 0 Å². The third-order valence-electron chi connectivity index (χ3n) is 19.7. The summed E-state index contributed by atoms with van der Waals surface area (Å²) in [6.45, 7) is -13.8. The summed E-state index contributed by atoms with van der Waals surface area (Å²) in [7, 11) is 0. The highest BCUT2D eigenvalue weighted by molar-refractivity contribution is 5.60. The van der Waals surface area contributed by atoms with Gasteiger partial charge in [0.05, 0.1) is 38.1 Å². The third kappa shape index (κ3) is 5.27. The molecule has 0 aliphatic heterocycles. The predicted molar refractivity (Wildman–Crippen MR) is 186 cm³/mol. The van der Waals surface area contributed by atoms with Crippen molar-refractivity contribution in [3.8, 4) is 0 Å². The van der Waals surface area contributed by atoms with Crippen LogP contribution in [0.1, 0.15) is 0 Å². The lowest BCUT2D eigenvalue weighted by Crippen LogP contribution is -3.10. The fraction of sp³-hybridized carbons (Fsp3) is 1.00. The van der Waals surface area contributed by atoms with E-state index in [1.165, 1.54) is 0 Å². The van der Waals surface area contributed by atoms with Crippen molar-refractivity contribution >= 4 is 0 Å². The number of hydrogen-bond donors (Lipinski definition) is 3. The minimum absolute atomic E-state index is 2.32. The fourth-order valence-electron chi connectivity index (χ4n) is 14.8. The molecule has 566 valence electrons. The molecule has 6 nitrogen and oxygen atoms in total. The molecule has 3 unspecified atom stereocenters. The fourth-order valence-corrected chi connectivity index (χ4v) is 14.8. The van der Waals surface area contributed by atoms with Crippen molar-refractivity contribution in [1.82, 2.24) is 0 Å². The number of rotatable bonds is 15. The first kappa shape index (κ1) is 77.4. The molecule has 0 saturated heterocycles. The number of aliphatic hydroxyl groups excluding tert-OH is 3. The standard InChI is InChI=1S/C40H13F51O6/c41-8(11(44)23(56,57)17(50)25(60,61)12(8,45)26(62,63)18(51,24(11,58)59)35(17,80)81)38(86,87)95-1-4(92)7(5(93)2-96-39(88,89)9(42)13(46)27(64,65)19(52)29(68,69)14(9,47)30(70,71)20(53,28(13,66)67)36(19,82)83)6(94)3-97-40(90,91)10(43)15(48)31(72,73)21(54)33(76,77)16(10,49)34(78,79)22(55,32(15,74)75)37(21,84)85/h4-7,92-94H,1-3H2. The molecule has 12 rings (SSSR count). The molecule has 12 bridgehead atoms. The van der Waals surface area contributed by atoms with Gasteiger partial charge in [0.25, 0.3) is 51.0 Å². The topological polar surface area (TPSA) is 88.4 Å². The lowest BCUT2D eigenvalue weighted by atomic mass is 9.37. The minimum Gasteiger partial charge on any atom is -0.390 e. The van der Waals surface area contributed by atoms with Crippen LogP contribution in [0.5, 0.6) is 0 Å².